The normalized spacial score (nSPS) is 11.6. The van der Waals surface area contributed by atoms with Gasteiger partial charge in [0.15, 0.2) is 0 Å². The molecule has 138 valence electrons. The molecule has 0 aliphatic heterocycles. The van der Waals surface area contributed by atoms with Crippen LogP contribution in [0.3, 0.4) is 0 Å². The number of amides is 1. The maximum Gasteiger partial charge on any atom is 0.268 e. The van der Waals surface area contributed by atoms with E-state index in [2.05, 4.69) is 20.1 Å². The summed E-state index contributed by atoms with van der Waals surface area (Å²) in [6, 6.07) is 3.53. The van der Waals surface area contributed by atoms with E-state index in [1.165, 1.54) is 22.4 Å². The van der Waals surface area contributed by atoms with Crippen LogP contribution in [0.4, 0.5) is 0 Å². The molecule has 0 spiro atoms. The molecule has 0 atom stereocenters. The van der Waals surface area contributed by atoms with Gasteiger partial charge >= 0.3 is 0 Å². The van der Waals surface area contributed by atoms with Crippen LogP contribution in [0.2, 0.25) is 0 Å². The summed E-state index contributed by atoms with van der Waals surface area (Å²) in [5.41, 5.74) is 2.04. The minimum atomic E-state index is -0.228. The fraction of sp³-hybridized carbons (Fsp3) is 0.278. The van der Waals surface area contributed by atoms with Gasteiger partial charge in [0.25, 0.3) is 17.2 Å². The average Bonchev–Trinajstić information content (AvgIpc) is 3.27. The van der Waals surface area contributed by atoms with Crippen molar-refractivity contribution < 1.29 is 9.32 Å². The SMILES string of the molecule is CC(C)c1noc2ncc(C(=O)N(C)Cc3nc4ccsc4c(=O)[nH]3)cc12. The van der Waals surface area contributed by atoms with Crippen molar-refractivity contribution in [1.29, 1.82) is 0 Å². The van der Waals surface area contributed by atoms with Crippen LogP contribution in [0.1, 0.15) is 41.6 Å². The van der Waals surface area contributed by atoms with Gasteiger partial charge in [-0.05, 0) is 23.4 Å². The third-order valence-electron chi connectivity index (χ3n) is 4.25. The highest BCUT2D eigenvalue weighted by Crippen LogP contribution is 2.24. The molecule has 4 aromatic rings. The second kappa shape index (κ2) is 6.58. The Labute approximate surface area is 157 Å². The second-order valence-electron chi connectivity index (χ2n) is 6.61. The number of pyridine rings is 1. The number of hydrogen-bond acceptors (Lipinski definition) is 7. The average molecular weight is 383 g/mol. The van der Waals surface area contributed by atoms with Crippen LogP contribution in [-0.4, -0.2) is 38.0 Å². The van der Waals surface area contributed by atoms with E-state index in [-0.39, 0.29) is 23.9 Å². The van der Waals surface area contributed by atoms with Crippen molar-refractivity contribution in [2.24, 2.45) is 0 Å². The van der Waals surface area contributed by atoms with E-state index in [1.807, 2.05) is 19.2 Å². The van der Waals surface area contributed by atoms with Gasteiger partial charge in [-0.25, -0.2) is 9.97 Å². The standard InChI is InChI=1S/C18H17N5O3S/c1-9(2)14-11-6-10(7-19-17(11)26-22-14)18(25)23(3)8-13-20-12-4-5-27-15(12)16(24)21-13/h4-7,9H,8H2,1-3H3,(H,20,21,24). The zero-order valence-corrected chi connectivity index (χ0v) is 15.8. The molecule has 0 aliphatic rings. The summed E-state index contributed by atoms with van der Waals surface area (Å²) in [6.07, 6.45) is 1.47. The first kappa shape index (κ1) is 17.3. The molecule has 9 heteroatoms. The van der Waals surface area contributed by atoms with E-state index in [1.54, 1.807) is 19.2 Å². The molecular formula is C18H17N5O3S. The van der Waals surface area contributed by atoms with Crippen LogP contribution in [0.25, 0.3) is 21.3 Å². The maximum atomic E-state index is 12.8. The van der Waals surface area contributed by atoms with Crippen molar-refractivity contribution in [3.63, 3.8) is 0 Å². The van der Waals surface area contributed by atoms with Gasteiger partial charge in [0.05, 0.1) is 28.7 Å². The first-order valence-corrected chi connectivity index (χ1v) is 9.29. The van der Waals surface area contributed by atoms with Gasteiger partial charge < -0.3 is 14.4 Å². The number of carbonyl (C=O) groups is 1. The Balaban J connectivity index is 1.62. The van der Waals surface area contributed by atoms with Crippen LogP contribution in [0.5, 0.6) is 0 Å². The van der Waals surface area contributed by atoms with Crippen LogP contribution in [0, 0.1) is 0 Å². The highest BCUT2D eigenvalue weighted by molar-refractivity contribution is 7.17. The molecule has 0 fully saturated rings. The van der Waals surface area contributed by atoms with Crippen LogP contribution >= 0.6 is 11.3 Å². The monoisotopic (exact) mass is 383 g/mol. The molecule has 0 saturated heterocycles. The van der Waals surface area contributed by atoms with Gasteiger partial charge in [0.1, 0.15) is 10.5 Å². The van der Waals surface area contributed by atoms with E-state index in [9.17, 15) is 9.59 Å². The minimum Gasteiger partial charge on any atom is -0.336 e. The van der Waals surface area contributed by atoms with Crippen molar-refractivity contribution in [3.05, 3.63) is 51.1 Å². The summed E-state index contributed by atoms with van der Waals surface area (Å²) in [5, 5.41) is 6.58. The Kier molecular flexibility index (Phi) is 4.23. The van der Waals surface area contributed by atoms with Crippen molar-refractivity contribution >= 4 is 38.6 Å². The number of carbonyl (C=O) groups excluding carboxylic acids is 1. The zero-order valence-electron chi connectivity index (χ0n) is 15.0. The summed E-state index contributed by atoms with van der Waals surface area (Å²) < 4.78 is 5.79. The predicted molar refractivity (Wildman–Crippen MR) is 102 cm³/mol. The smallest absolute Gasteiger partial charge is 0.268 e. The number of rotatable bonds is 4. The molecule has 0 radical (unpaired) electrons. The van der Waals surface area contributed by atoms with Crippen molar-refractivity contribution in [2.45, 2.75) is 26.3 Å². The zero-order chi connectivity index (χ0) is 19.1. The number of hydrogen-bond donors (Lipinski definition) is 1. The van der Waals surface area contributed by atoms with Crippen molar-refractivity contribution in [3.8, 4) is 0 Å². The molecule has 0 aromatic carbocycles. The number of aromatic nitrogens is 4. The van der Waals surface area contributed by atoms with E-state index < -0.39 is 0 Å². The number of nitrogens with one attached hydrogen (secondary N) is 1. The lowest BCUT2D eigenvalue weighted by molar-refractivity contribution is 0.0781. The van der Waals surface area contributed by atoms with Crippen LogP contribution in [-0.2, 0) is 6.54 Å². The van der Waals surface area contributed by atoms with Crippen LogP contribution < -0.4 is 5.56 Å². The number of nitrogens with zero attached hydrogens (tertiary/aromatic N) is 4. The lowest BCUT2D eigenvalue weighted by atomic mass is 10.1. The molecule has 0 unspecified atom stereocenters. The van der Waals surface area contributed by atoms with Gasteiger partial charge in [0, 0.05) is 13.2 Å². The van der Waals surface area contributed by atoms with Gasteiger partial charge in [-0.15, -0.1) is 11.3 Å². The largest absolute Gasteiger partial charge is 0.336 e. The maximum absolute atomic E-state index is 12.8. The van der Waals surface area contributed by atoms with E-state index in [0.29, 0.717) is 27.3 Å². The van der Waals surface area contributed by atoms with Crippen molar-refractivity contribution in [1.82, 2.24) is 25.0 Å². The Hall–Kier alpha value is -3.07. The molecule has 1 amide bonds. The molecule has 0 bridgehead atoms. The summed E-state index contributed by atoms with van der Waals surface area (Å²) in [7, 11) is 1.65. The molecule has 8 nitrogen and oxygen atoms in total. The summed E-state index contributed by atoms with van der Waals surface area (Å²) in [4.78, 5) is 37.7. The highest BCUT2D eigenvalue weighted by atomic mass is 32.1. The Morgan fingerprint density at radius 3 is 3.00 bits per heavy atom. The number of aromatic amines is 1. The predicted octanol–water partition coefficient (Wildman–Crippen LogP) is 2.92. The lowest BCUT2D eigenvalue weighted by Gasteiger charge is -2.16. The van der Waals surface area contributed by atoms with Gasteiger partial charge in [0.2, 0.25) is 0 Å². The summed E-state index contributed by atoms with van der Waals surface area (Å²) >= 11 is 1.34. The third kappa shape index (κ3) is 3.10. The van der Waals surface area contributed by atoms with E-state index >= 15 is 0 Å². The van der Waals surface area contributed by atoms with E-state index in [0.717, 1.165) is 11.1 Å². The number of fused-ring (bicyclic) bond motifs is 2. The Morgan fingerprint density at radius 1 is 1.41 bits per heavy atom. The molecule has 0 aliphatic carbocycles. The highest BCUT2D eigenvalue weighted by Gasteiger charge is 2.19. The van der Waals surface area contributed by atoms with Gasteiger partial charge in [-0.1, -0.05) is 19.0 Å². The molecule has 1 N–H and O–H groups in total. The Bertz CT molecular complexity index is 1210. The van der Waals surface area contributed by atoms with Crippen molar-refractivity contribution in [2.75, 3.05) is 7.05 Å². The Morgan fingerprint density at radius 2 is 2.22 bits per heavy atom. The first-order valence-electron chi connectivity index (χ1n) is 8.41. The minimum absolute atomic E-state index is 0.155. The molecule has 4 heterocycles. The van der Waals surface area contributed by atoms with Gasteiger partial charge in [-0.3, -0.25) is 9.59 Å². The number of H-pyrrole nitrogens is 1. The second-order valence-corrected chi connectivity index (χ2v) is 7.52. The fourth-order valence-electron chi connectivity index (χ4n) is 2.90. The molecule has 27 heavy (non-hydrogen) atoms. The topological polar surface area (TPSA) is 105 Å². The molecule has 4 rings (SSSR count). The summed E-state index contributed by atoms with van der Waals surface area (Å²) in [5.74, 6) is 0.361. The first-order chi connectivity index (χ1) is 12.9. The van der Waals surface area contributed by atoms with Gasteiger partial charge in [-0.2, -0.15) is 0 Å². The number of thiophene rings is 1. The fourth-order valence-corrected chi connectivity index (χ4v) is 3.62. The quantitative estimate of drug-likeness (QED) is 0.581. The molecule has 0 saturated carbocycles. The van der Waals surface area contributed by atoms with Crippen LogP contribution in [0.15, 0.2) is 33.0 Å². The summed E-state index contributed by atoms with van der Waals surface area (Å²) in [6.45, 7) is 4.18. The van der Waals surface area contributed by atoms with E-state index in [4.69, 9.17) is 4.52 Å². The molecular weight excluding hydrogens is 366 g/mol. The molecule has 4 aromatic heterocycles. The lowest BCUT2D eigenvalue weighted by Crippen LogP contribution is -2.28. The third-order valence-corrected chi connectivity index (χ3v) is 5.15.